The van der Waals surface area contributed by atoms with Gasteiger partial charge in [-0.15, -0.1) is 0 Å². The third-order valence-corrected chi connectivity index (χ3v) is 8.39. The van der Waals surface area contributed by atoms with Crippen LogP contribution in [0.25, 0.3) is 0 Å². The molecule has 1 saturated heterocycles. The third-order valence-electron chi connectivity index (χ3n) is 8.39. The van der Waals surface area contributed by atoms with Crippen LogP contribution in [0, 0.1) is 11.8 Å². The average molecular weight is 599 g/mol. The maximum Gasteiger partial charge on any atom is 0.310 e. The van der Waals surface area contributed by atoms with E-state index in [4.69, 9.17) is 29.4 Å². The summed E-state index contributed by atoms with van der Waals surface area (Å²) in [6.45, 7) is 4.42. The molecule has 12 nitrogen and oxygen atoms in total. The lowest BCUT2D eigenvalue weighted by Gasteiger charge is -2.39. The van der Waals surface area contributed by atoms with Gasteiger partial charge in [0.05, 0.1) is 32.8 Å². The number of benzene rings is 2. The minimum Gasteiger partial charge on any atom is -0.502 e. The molecule has 1 unspecified atom stereocenters. The molecule has 2 aromatic carbocycles. The molecule has 0 saturated carbocycles. The zero-order valence-corrected chi connectivity index (χ0v) is 24.8. The molecule has 2 aromatic rings. The maximum atomic E-state index is 13.3. The fourth-order valence-corrected chi connectivity index (χ4v) is 6.28. The molecule has 3 aliphatic rings. The van der Waals surface area contributed by atoms with Crippen molar-refractivity contribution in [1.82, 2.24) is 16.0 Å². The highest BCUT2D eigenvalue weighted by atomic mass is 16.7. The second-order valence-corrected chi connectivity index (χ2v) is 11.1. The molecular formula is C31H42N4O8. The summed E-state index contributed by atoms with van der Waals surface area (Å²) in [7, 11) is 2.92. The van der Waals surface area contributed by atoms with Crippen molar-refractivity contribution in [1.29, 1.82) is 0 Å². The number of esters is 1. The Morgan fingerprint density at radius 1 is 0.930 bits per heavy atom. The molecule has 0 radical (unpaired) electrons. The monoisotopic (exact) mass is 598 g/mol. The van der Waals surface area contributed by atoms with E-state index in [1.54, 1.807) is 12.1 Å². The summed E-state index contributed by atoms with van der Waals surface area (Å²) in [5.74, 6) is -0.316. The second-order valence-electron chi connectivity index (χ2n) is 11.1. The molecule has 1 fully saturated rings. The lowest BCUT2D eigenvalue weighted by Crippen LogP contribution is -2.43. The van der Waals surface area contributed by atoms with E-state index in [0.717, 1.165) is 50.1 Å². The number of carbonyl (C=O) groups excluding carboxylic acids is 2. The van der Waals surface area contributed by atoms with E-state index in [1.165, 1.54) is 14.2 Å². The molecule has 43 heavy (non-hydrogen) atoms. The van der Waals surface area contributed by atoms with Crippen LogP contribution in [0.1, 0.15) is 54.3 Å². The van der Waals surface area contributed by atoms with E-state index < -0.39 is 17.9 Å². The van der Waals surface area contributed by atoms with Gasteiger partial charge in [0.15, 0.2) is 23.0 Å². The number of amides is 1. The lowest BCUT2D eigenvalue weighted by molar-refractivity contribution is -0.141. The fraction of sp³-hybridized carbons (Fsp3) is 0.548. The van der Waals surface area contributed by atoms with Crippen molar-refractivity contribution in [3.8, 4) is 28.7 Å². The van der Waals surface area contributed by atoms with Gasteiger partial charge in [-0.3, -0.25) is 9.59 Å². The maximum absolute atomic E-state index is 13.3. The predicted molar refractivity (Wildman–Crippen MR) is 158 cm³/mol. The number of nitrogens with one attached hydrogen (secondary N) is 3. The van der Waals surface area contributed by atoms with E-state index in [1.807, 2.05) is 12.1 Å². The minimum absolute atomic E-state index is 0.0897. The molecule has 4 atom stereocenters. The highest BCUT2D eigenvalue weighted by molar-refractivity contribution is 5.81. The van der Waals surface area contributed by atoms with Crippen molar-refractivity contribution in [3.05, 3.63) is 41.0 Å². The summed E-state index contributed by atoms with van der Waals surface area (Å²) in [6, 6.07) is 6.73. The Labute approximate surface area is 251 Å². The molecule has 1 amide bonds. The number of fused-ring (bicyclic) bond motifs is 3. The first kappa shape index (κ1) is 30.7. The number of hydrogen-bond acceptors (Lipinski definition) is 11. The number of methoxy groups -OCH3 is 2. The molecular weight excluding hydrogens is 556 g/mol. The van der Waals surface area contributed by atoms with Crippen molar-refractivity contribution in [3.63, 3.8) is 0 Å². The van der Waals surface area contributed by atoms with E-state index in [-0.39, 0.29) is 48.4 Å². The standard InChI is InChI=1S/C31H42N4O8/c1-39-24-12-18(13-25(40-2)30(24)37)27-19-14-22-23(43-17-42-22)15-20(19)29(21-16-41-31(38)28(21)27)35-26(36)6-3-8-33-10-5-11-34-9-4-7-32/h12-15,21,27-29,33-34,37H,3-11,16-17,32H2,1-2H3,(H,35,36)/t21-,27?,28-,29+/m0/s1. The number of aromatic hydroxyl groups is 1. The van der Waals surface area contributed by atoms with Crippen LogP contribution in [0.4, 0.5) is 0 Å². The molecule has 6 N–H and O–H groups in total. The Balaban J connectivity index is 1.34. The molecule has 12 heteroatoms. The zero-order chi connectivity index (χ0) is 30.3. The van der Waals surface area contributed by atoms with Crippen molar-refractivity contribution in [2.24, 2.45) is 17.6 Å². The van der Waals surface area contributed by atoms with Crippen LogP contribution in [0.15, 0.2) is 24.3 Å². The summed E-state index contributed by atoms with van der Waals surface area (Å²) in [5.41, 5.74) is 7.87. The minimum atomic E-state index is -0.586. The Morgan fingerprint density at radius 2 is 1.56 bits per heavy atom. The Morgan fingerprint density at radius 3 is 2.21 bits per heavy atom. The number of cyclic esters (lactones) is 1. The van der Waals surface area contributed by atoms with Crippen LogP contribution in [-0.2, 0) is 14.3 Å². The molecule has 5 rings (SSSR count). The average Bonchev–Trinajstić information content (AvgIpc) is 3.63. The van der Waals surface area contributed by atoms with Crippen LogP contribution in [0.5, 0.6) is 28.7 Å². The van der Waals surface area contributed by atoms with Gasteiger partial charge in [-0.25, -0.2) is 0 Å². The summed E-state index contributed by atoms with van der Waals surface area (Å²) in [6.07, 6.45) is 3.01. The van der Waals surface area contributed by atoms with Crippen LogP contribution in [0.3, 0.4) is 0 Å². The van der Waals surface area contributed by atoms with Gasteiger partial charge in [-0.05, 0) is 92.9 Å². The quantitative estimate of drug-likeness (QED) is 0.150. The molecule has 0 spiro atoms. The van der Waals surface area contributed by atoms with Gasteiger partial charge in [0.1, 0.15) is 0 Å². The number of hydrogen-bond donors (Lipinski definition) is 5. The topological polar surface area (TPSA) is 163 Å². The van der Waals surface area contributed by atoms with Gasteiger partial charge in [0, 0.05) is 18.3 Å². The van der Waals surface area contributed by atoms with Gasteiger partial charge in [0.2, 0.25) is 18.4 Å². The SMILES string of the molecule is COc1cc(C2c3cc4c(cc3[C@@H](NC(=O)CCCNCCCNCCCN)[C@H]3COC(=O)[C@H]23)OCO4)cc(OC)c1O. The highest BCUT2D eigenvalue weighted by Gasteiger charge is 2.53. The number of rotatable bonds is 15. The van der Waals surface area contributed by atoms with Crippen LogP contribution in [0.2, 0.25) is 0 Å². The van der Waals surface area contributed by atoms with E-state index in [9.17, 15) is 14.7 Å². The number of carbonyl (C=O) groups is 2. The summed E-state index contributed by atoms with van der Waals surface area (Å²) < 4.78 is 27.8. The Bertz CT molecular complexity index is 1280. The third kappa shape index (κ3) is 6.61. The first-order valence-electron chi connectivity index (χ1n) is 14.9. The molecule has 2 heterocycles. The highest BCUT2D eigenvalue weighted by Crippen LogP contribution is 2.55. The molecule has 0 aromatic heterocycles. The predicted octanol–water partition coefficient (Wildman–Crippen LogP) is 1.93. The van der Waals surface area contributed by atoms with Gasteiger partial charge in [0.25, 0.3) is 0 Å². The Hall–Kier alpha value is -3.74. The normalized spacial score (nSPS) is 21.6. The molecule has 1 aliphatic carbocycles. The van der Waals surface area contributed by atoms with E-state index in [2.05, 4.69) is 16.0 Å². The largest absolute Gasteiger partial charge is 0.502 e. The second kappa shape index (κ2) is 14.2. The zero-order valence-electron chi connectivity index (χ0n) is 24.8. The van der Waals surface area contributed by atoms with Crippen LogP contribution >= 0.6 is 0 Å². The van der Waals surface area contributed by atoms with Crippen molar-refractivity contribution < 1.29 is 38.4 Å². The van der Waals surface area contributed by atoms with Gasteiger partial charge in [-0.1, -0.05) is 0 Å². The fourth-order valence-electron chi connectivity index (χ4n) is 6.28. The van der Waals surface area contributed by atoms with Crippen molar-refractivity contribution in [2.45, 2.75) is 37.6 Å². The van der Waals surface area contributed by atoms with E-state index in [0.29, 0.717) is 36.4 Å². The molecule has 234 valence electrons. The van der Waals surface area contributed by atoms with Crippen molar-refractivity contribution in [2.75, 3.05) is 60.3 Å². The first-order chi connectivity index (χ1) is 21.0. The number of ether oxygens (including phenoxy) is 5. The number of nitrogens with two attached hydrogens (primary N) is 1. The van der Waals surface area contributed by atoms with Crippen LogP contribution in [-0.4, -0.2) is 77.3 Å². The summed E-state index contributed by atoms with van der Waals surface area (Å²) in [4.78, 5) is 26.5. The Kier molecular flexibility index (Phi) is 10.1. The molecule has 2 aliphatic heterocycles. The number of phenols is 1. The first-order valence-corrected chi connectivity index (χ1v) is 14.9. The summed E-state index contributed by atoms with van der Waals surface area (Å²) >= 11 is 0. The van der Waals surface area contributed by atoms with Gasteiger partial charge >= 0.3 is 5.97 Å². The smallest absolute Gasteiger partial charge is 0.310 e. The summed E-state index contributed by atoms with van der Waals surface area (Å²) in [5, 5.41) is 20.5. The van der Waals surface area contributed by atoms with Crippen molar-refractivity contribution >= 4 is 11.9 Å². The molecule has 0 bridgehead atoms. The lowest BCUT2D eigenvalue weighted by atomic mass is 9.65. The van der Waals surface area contributed by atoms with Crippen LogP contribution < -0.4 is 40.6 Å². The number of phenolic OH excluding ortho intramolecular Hbond substituents is 1. The van der Waals surface area contributed by atoms with Gasteiger partial charge < -0.3 is 50.5 Å². The van der Waals surface area contributed by atoms with Gasteiger partial charge in [-0.2, -0.15) is 0 Å². The van der Waals surface area contributed by atoms with E-state index >= 15 is 0 Å².